The molecule has 1 aliphatic carbocycles. The number of hydrogen-bond donors (Lipinski definition) is 1. The third-order valence-corrected chi connectivity index (χ3v) is 4.74. The van der Waals surface area contributed by atoms with Crippen molar-refractivity contribution in [2.75, 3.05) is 5.75 Å². The summed E-state index contributed by atoms with van der Waals surface area (Å²) in [5.74, 6) is 1.08. The number of rotatable bonds is 5. The van der Waals surface area contributed by atoms with Crippen LogP contribution < -0.4 is 5.73 Å². The van der Waals surface area contributed by atoms with E-state index in [0.29, 0.717) is 0 Å². The van der Waals surface area contributed by atoms with Crippen LogP contribution in [-0.4, -0.2) is 17.0 Å². The van der Waals surface area contributed by atoms with Crippen LogP contribution >= 0.6 is 11.8 Å². The van der Waals surface area contributed by atoms with Crippen LogP contribution in [0.3, 0.4) is 0 Å². The summed E-state index contributed by atoms with van der Waals surface area (Å²) in [4.78, 5) is 0. The Morgan fingerprint density at radius 3 is 2.88 bits per heavy atom. The second kappa shape index (κ2) is 6.36. The van der Waals surface area contributed by atoms with Gasteiger partial charge < -0.3 is 10.2 Å². The normalized spacial score (nSPS) is 19.8. The Balaban J connectivity index is 1.65. The van der Waals surface area contributed by atoms with E-state index in [-0.39, 0.29) is 6.04 Å². The van der Waals surface area contributed by atoms with Gasteiger partial charge in [-0.1, -0.05) is 19.3 Å². The maximum atomic E-state index is 6.12. The summed E-state index contributed by atoms with van der Waals surface area (Å²) >= 11 is 2.07. The van der Waals surface area contributed by atoms with E-state index in [2.05, 4.69) is 11.8 Å². The molecular formula is C13H21NOS. The highest BCUT2D eigenvalue weighted by molar-refractivity contribution is 7.99. The summed E-state index contributed by atoms with van der Waals surface area (Å²) in [7, 11) is 0. The first kappa shape index (κ1) is 12.1. The molecule has 2 rings (SSSR count). The van der Waals surface area contributed by atoms with Crippen molar-refractivity contribution in [2.45, 2.75) is 49.8 Å². The summed E-state index contributed by atoms with van der Waals surface area (Å²) < 4.78 is 5.05. The molecule has 0 amide bonds. The third-order valence-electron chi connectivity index (χ3n) is 3.18. The Hall–Kier alpha value is -0.410. The summed E-state index contributed by atoms with van der Waals surface area (Å²) in [5, 5.41) is 0.865. The van der Waals surface area contributed by atoms with Crippen molar-refractivity contribution in [3.63, 3.8) is 0 Å². The minimum atomic E-state index is 0.268. The van der Waals surface area contributed by atoms with Gasteiger partial charge in [0.2, 0.25) is 0 Å². The van der Waals surface area contributed by atoms with Gasteiger partial charge in [0, 0.05) is 17.0 Å². The van der Waals surface area contributed by atoms with Gasteiger partial charge in [-0.15, -0.1) is 0 Å². The molecule has 1 fully saturated rings. The van der Waals surface area contributed by atoms with Gasteiger partial charge in [0.25, 0.3) is 0 Å². The van der Waals surface area contributed by atoms with Crippen LogP contribution in [0.5, 0.6) is 0 Å². The van der Waals surface area contributed by atoms with Gasteiger partial charge in [0.1, 0.15) is 0 Å². The van der Waals surface area contributed by atoms with Crippen molar-refractivity contribution in [1.82, 2.24) is 0 Å². The Morgan fingerprint density at radius 1 is 1.38 bits per heavy atom. The highest BCUT2D eigenvalue weighted by Gasteiger charge is 2.15. The zero-order valence-corrected chi connectivity index (χ0v) is 10.5. The molecule has 1 aromatic rings. The van der Waals surface area contributed by atoms with E-state index in [1.807, 2.05) is 6.07 Å². The molecular weight excluding hydrogens is 218 g/mol. The van der Waals surface area contributed by atoms with Crippen molar-refractivity contribution in [2.24, 2.45) is 5.73 Å². The van der Waals surface area contributed by atoms with E-state index < -0.39 is 0 Å². The fraction of sp³-hybridized carbons (Fsp3) is 0.692. The molecule has 90 valence electrons. The summed E-state index contributed by atoms with van der Waals surface area (Å²) in [5.41, 5.74) is 7.34. The standard InChI is InChI=1S/C13H21NOS/c14-12(8-11-6-7-15-9-11)10-16-13-4-2-1-3-5-13/h6-7,9,12-13H,1-5,8,10,14H2. The molecule has 0 aliphatic heterocycles. The molecule has 1 aromatic heterocycles. The lowest BCUT2D eigenvalue weighted by atomic mass is 10.0. The van der Waals surface area contributed by atoms with Crippen molar-refractivity contribution < 1.29 is 4.42 Å². The van der Waals surface area contributed by atoms with E-state index in [1.165, 1.54) is 37.7 Å². The van der Waals surface area contributed by atoms with Gasteiger partial charge in [-0.3, -0.25) is 0 Å². The SMILES string of the molecule is NC(CSC1CCCCC1)Cc1ccoc1. The minimum absolute atomic E-state index is 0.268. The molecule has 1 saturated carbocycles. The van der Waals surface area contributed by atoms with Crippen molar-refractivity contribution in [3.05, 3.63) is 24.2 Å². The zero-order valence-electron chi connectivity index (χ0n) is 9.73. The van der Waals surface area contributed by atoms with Gasteiger partial charge >= 0.3 is 0 Å². The van der Waals surface area contributed by atoms with E-state index in [1.54, 1.807) is 12.5 Å². The predicted molar refractivity (Wildman–Crippen MR) is 69.7 cm³/mol. The van der Waals surface area contributed by atoms with E-state index >= 15 is 0 Å². The van der Waals surface area contributed by atoms with E-state index in [4.69, 9.17) is 10.2 Å². The first-order valence-electron chi connectivity index (χ1n) is 6.23. The smallest absolute Gasteiger partial charge is 0.0935 e. The van der Waals surface area contributed by atoms with E-state index in [0.717, 1.165) is 17.4 Å². The van der Waals surface area contributed by atoms with Crippen molar-refractivity contribution >= 4 is 11.8 Å². The average Bonchev–Trinajstić information content (AvgIpc) is 2.81. The number of thioether (sulfide) groups is 1. The lowest BCUT2D eigenvalue weighted by molar-refractivity contribution is 0.515. The molecule has 0 aromatic carbocycles. The molecule has 0 radical (unpaired) electrons. The fourth-order valence-electron chi connectivity index (χ4n) is 2.26. The number of nitrogens with two attached hydrogens (primary N) is 1. The topological polar surface area (TPSA) is 39.2 Å². The molecule has 2 N–H and O–H groups in total. The molecule has 1 unspecified atom stereocenters. The van der Waals surface area contributed by atoms with Crippen LogP contribution in [0.4, 0.5) is 0 Å². The molecule has 2 nitrogen and oxygen atoms in total. The van der Waals surface area contributed by atoms with E-state index in [9.17, 15) is 0 Å². The highest BCUT2D eigenvalue weighted by atomic mass is 32.2. The molecule has 1 atom stereocenters. The number of furan rings is 1. The molecule has 3 heteroatoms. The van der Waals surface area contributed by atoms with Gasteiger partial charge in [-0.2, -0.15) is 11.8 Å². The molecule has 0 spiro atoms. The highest BCUT2D eigenvalue weighted by Crippen LogP contribution is 2.28. The first-order valence-corrected chi connectivity index (χ1v) is 7.28. The molecule has 0 saturated heterocycles. The van der Waals surface area contributed by atoms with Crippen LogP contribution in [0.1, 0.15) is 37.7 Å². The molecule has 16 heavy (non-hydrogen) atoms. The Bertz CT molecular complexity index is 280. The van der Waals surface area contributed by atoms with Crippen molar-refractivity contribution in [1.29, 1.82) is 0 Å². The Morgan fingerprint density at radius 2 is 2.19 bits per heavy atom. The summed E-state index contributed by atoms with van der Waals surface area (Å²) in [6.07, 6.45) is 11.5. The predicted octanol–water partition coefficient (Wildman–Crippen LogP) is 3.22. The van der Waals surface area contributed by atoms with Crippen LogP contribution in [0.2, 0.25) is 0 Å². The van der Waals surface area contributed by atoms with Crippen LogP contribution in [0, 0.1) is 0 Å². The lowest BCUT2D eigenvalue weighted by Gasteiger charge is -2.22. The first-order chi connectivity index (χ1) is 7.84. The fourth-order valence-corrected chi connectivity index (χ4v) is 3.57. The van der Waals surface area contributed by atoms with Crippen LogP contribution in [-0.2, 0) is 6.42 Å². The molecule has 0 bridgehead atoms. The quantitative estimate of drug-likeness (QED) is 0.857. The lowest BCUT2D eigenvalue weighted by Crippen LogP contribution is -2.27. The molecule has 1 aliphatic rings. The minimum Gasteiger partial charge on any atom is -0.472 e. The zero-order chi connectivity index (χ0) is 11.2. The van der Waals surface area contributed by atoms with Crippen LogP contribution in [0.25, 0.3) is 0 Å². The third kappa shape index (κ3) is 3.87. The molecule has 1 heterocycles. The number of hydrogen-bond acceptors (Lipinski definition) is 3. The van der Waals surface area contributed by atoms with Gasteiger partial charge in [-0.05, 0) is 30.9 Å². The monoisotopic (exact) mass is 239 g/mol. The largest absolute Gasteiger partial charge is 0.472 e. The van der Waals surface area contributed by atoms with Crippen molar-refractivity contribution in [3.8, 4) is 0 Å². The van der Waals surface area contributed by atoms with Gasteiger partial charge in [0.15, 0.2) is 0 Å². The van der Waals surface area contributed by atoms with Crippen LogP contribution in [0.15, 0.2) is 23.0 Å². The maximum absolute atomic E-state index is 6.12. The Kier molecular flexibility index (Phi) is 4.79. The second-order valence-corrected chi connectivity index (χ2v) is 6.02. The second-order valence-electron chi connectivity index (χ2n) is 4.69. The Labute approximate surface area is 102 Å². The summed E-state index contributed by atoms with van der Waals surface area (Å²) in [6, 6.07) is 2.27. The van der Waals surface area contributed by atoms with Gasteiger partial charge in [-0.25, -0.2) is 0 Å². The summed E-state index contributed by atoms with van der Waals surface area (Å²) in [6.45, 7) is 0. The van der Waals surface area contributed by atoms with Gasteiger partial charge in [0.05, 0.1) is 12.5 Å². The maximum Gasteiger partial charge on any atom is 0.0935 e. The average molecular weight is 239 g/mol.